The second kappa shape index (κ2) is 13.9. The van der Waals surface area contributed by atoms with Gasteiger partial charge in [0.2, 0.25) is 5.95 Å². The van der Waals surface area contributed by atoms with E-state index in [1.165, 1.54) is 31.2 Å². The van der Waals surface area contributed by atoms with E-state index in [0.29, 0.717) is 17.5 Å². The number of rotatable bonds is 12. The standard InChI is InChI=1S/C30H41N9O3/c1-6-13-32-28(41)23-18-33-29(36-27(23)35-26(8-7-16-40)37-38(4)21(2)3)34-22-9-10-24(25(17-22)42-5)39-19-30(20-39)11-14-31-15-12-30/h6-10,16-18,21,31H,1,11-15,19-20H2,2-5H3,(H,32,41)(H2,33,34,35,36,37)/b8-7-. The number of aromatic nitrogens is 2. The Bertz CT molecular complexity index is 1330. The SMILES string of the molecule is C=CCNC(=O)c1cnc(Nc2ccc(N3CC4(CCNCC4)C3)c(OC)c2)nc1NC(/C=C\C=O)=N/N(C)C(C)C. The van der Waals surface area contributed by atoms with E-state index in [4.69, 9.17) is 4.74 Å². The van der Waals surface area contributed by atoms with Crippen LogP contribution in [0.1, 0.15) is 37.0 Å². The lowest BCUT2D eigenvalue weighted by molar-refractivity contribution is -0.104. The predicted molar refractivity (Wildman–Crippen MR) is 167 cm³/mol. The summed E-state index contributed by atoms with van der Waals surface area (Å²) in [6.07, 6.45) is 8.91. The van der Waals surface area contributed by atoms with Crippen LogP contribution in [0.4, 0.5) is 23.1 Å². The van der Waals surface area contributed by atoms with Crippen LogP contribution in [0.15, 0.2) is 54.3 Å². The molecule has 1 aromatic carbocycles. The maximum Gasteiger partial charge on any atom is 0.256 e. The second-order valence-corrected chi connectivity index (χ2v) is 10.8. The normalized spacial score (nSPS) is 16.2. The number of nitrogens with zero attached hydrogens (tertiary/aromatic N) is 5. The Hall–Kier alpha value is -4.45. The summed E-state index contributed by atoms with van der Waals surface area (Å²) in [5.41, 5.74) is 2.40. The number of carbonyl (C=O) groups is 2. The topological polar surface area (TPSA) is 136 Å². The number of aldehydes is 1. The molecule has 0 saturated carbocycles. The van der Waals surface area contributed by atoms with Crippen molar-refractivity contribution < 1.29 is 14.3 Å². The van der Waals surface area contributed by atoms with Crippen LogP contribution in [0.2, 0.25) is 0 Å². The highest BCUT2D eigenvalue weighted by atomic mass is 16.5. The van der Waals surface area contributed by atoms with Crippen molar-refractivity contribution in [2.45, 2.75) is 32.7 Å². The van der Waals surface area contributed by atoms with Crippen molar-refractivity contribution in [2.75, 3.05) is 62.4 Å². The molecule has 0 unspecified atom stereocenters. The quantitative estimate of drug-likeness (QED) is 0.0746. The third kappa shape index (κ3) is 7.43. The summed E-state index contributed by atoms with van der Waals surface area (Å²) in [4.78, 5) is 35.3. The smallest absolute Gasteiger partial charge is 0.256 e. The molecule has 224 valence electrons. The van der Waals surface area contributed by atoms with Crippen molar-refractivity contribution in [1.29, 1.82) is 0 Å². The first kappa shape index (κ1) is 30.5. The monoisotopic (exact) mass is 575 g/mol. The summed E-state index contributed by atoms with van der Waals surface area (Å²) in [6.45, 7) is 12.1. The summed E-state index contributed by atoms with van der Waals surface area (Å²) < 4.78 is 5.75. The van der Waals surface area contributed by atoms with Crippen LogP contribution < -0.4 is 30.9 Å². The summed E-state index contributed by atoms with van der Waals surface area (Å²) in [5, 5.41) is 18.8. The molecule has 1 spiro atoms. The number of benzene rings is 1. The number of ether oxygens (including phenoxy) is 1. The number of hydrogen-bond donors (Lipinski definition) is 4. The fraction of sp³-hybridized carbons (Fsp3) is 0.433. The minimum atomic E-state index is -0.382. The predicted octanol–water partition coefficient (Wildman–Crippen LogP) is 3.16. The fourth-order valence-corrected chi connectivity index (χ4v) is 4.95. The molecule has 2 aliphatic rings. The van der Waals surface area contributed by atoms with E-state index >= 15 is 0 Å². The molecule has 2 saturated heterocycles. The zero-order valence-corrected chi connectivity index (χ0v) is 24.8. The first-order chi connectivity index (χ1) is 20.3. The molecule has 0 atom stereocenters. The fourth-order valence-electron chi connectivity index (χ4n) is 4.95. The van der Waals surface area contributed by atoms with Gasteiger partial charge in [-0.05, 0) is 64.1 Å². The highest BCUT2D eigenvalue weighted by Crippen LogP contribution is 2.44. The molecule has 0 aliphatic carbocycles. The molecular formula is C30H41N9O3. The van der Waals surface area contributed by atoms with Gasteiger partial charge in [0.05, 0.1) is 12.8 Å². The van der Waals surface area contributed by atoms with Gasteiger partial charge in [-0.25, -0.2) is 4.98 Å². The van der Waals surface area contributed by atoms with Crippen LogP contribution in [0.5, 0.6) is 5.75 Å². The lowest BCUT2D eigenvalue weighted by atomic mass is 9.72. The number of hydrogen-bond acceptors (Lipinski definition) is 10. The van der Waals surface area contributed by atoms with E-state index in [0.717, 1.165) is 43.3 Å². The second-order valence-electron chi connectivity index (χ2n) is 10.8. The Balaban J connectivity index is 1.58. The average Bonchev–Trinajstić information content (AvgIpc) is 2.97. The van der Waals surface area contributed by atoms with Crippen molar-refractivity contribution in [2.24, 2.45) is 10.5 Å². The number of anilines is 4. The van der Waals surface area contributed by atoms with Gasteiger partial charge in [-0.1, -0.05) is 6.08 Å². The van der Waals surface area contributed by atoms with Crippen molar-refractivity contribution in [3.05, 3.63) is 54.8 Å². The Kier molecular flexibility index (Phi) is 10.1. The largest absolute Gasteiger partial charge is 0.495 e. The highest BCUT2D eigenvalue weighted by Gasteiger charge is 2.44. The lowest BCUT2D eigenvalue weighted by Crippen LogP contribution is -2.60. The summed E-state index contributed by atoms with van der Waals surface area (Å²) in [5.74, 6) is 1.19. The van der Waals surface area contributed by atoms with Gasteiger partial charge in [0.25, 0.3) is 5.91 Å². The zero-order valence-electron chi connectivity index (χ0n) is 24.8. The number of amides is 1. The molecular weight excluding hydrogens is 534 g/mol. The minimum Gasteiger partial charge on any atom is -0.495 e. The number of amidine groups is 1. The van der Waals surface area contributed by atoms with Crippen LogP contribution in [0.25, 0.3) is 0 Å². The van der Waals surface area contributed by atoms with Crippen LogP contribution in [0.3, 0.4) is 0 Å². The first-order valence-electron chi connectivity index (χ1n) is 14.1. The molecule has 1 amide bonds. The molecule has 1 aromatic heterocycles. The van der Waals surface area contributed by atoms with E-state index < -0.39 is 0 Å². The Morgan fingerprint density at radius 2 is 2.07 bits per heavy atom. The summed E-state index contributed by atoms with van der Waals surface area (Å²) in [6, 6.07) is 6.02. The van der Waals surface area contributed by atoms with E-state index in [2.05, 4.69) is 47.8 Å². The Morgan fingerprint density at radius 1 is 1.31 bits per heavy atom. The average molecular weight is 576 g/mol. The van der Waals surface area contributed by atoms with Gasteiger partial charge in [-0.2, -0.15) is 10.1 Å². The molecule has 4 N–H and O–H groups in total. The van der Waals surface area contributed by atoms with Gasteiger partial charge >= 0.3 is 0 Å². The number of nitrogens with one attached hydrogen (secondary N) is 4. The number of hydrazone groups is 1. The number of piperidine rings is 1. The van der Waals surface area contributed by atoms with Crippen LogP contribution in [0, 0.1) is 5.41 Å². The van der Waals surface area contributed by atoms with Crippen molar-refractivity contribution in [3.8, 4) is 5.75 Å². The van der Waals surface area contributed by atoms with Gasteiger partial charge in [0.1, 0.15) is 23.4 Å². The maximum absolute atomic E-state index is 12.9. The van der Waals surface area contributed by atoms with Crippen LogP contribution in [-0.2, 0) is 4.79 Å². The molecule has 12 heteroatoms. The van der Waals surface area contributed by atoms with E-state index in [1.807, 2.05) is 39.1 Å². The molecule has 4 rings (SSSR count). The Morgan fingerprint density at radius 3 is 2.74 bits per heavy atom. The van der Waals surface area contributed by atoms with Gasteiger partial charge in [0.15, 0.2) is 5.84 Å². The van der Waals surface area contributed by atoms with E-state index in [-0.39, 0.29) is 35.8 Å². The highest BCUT2D eigenvalue weighted by molar-refractivity contribution is 6.08. The van der Waals surface area contributed by atoms with Gasteiger partial charge in [-0.15, -0.1) is 6.58 Å². The third-order valence-electron chi connectivity index (χ3n) is 7.53. The van der Waals surface area contributed by atoms with Crippen LogP contribution >= 0.6 is 0 Å². The Labute approximate surface area is 247 Å². The summed E-state index contributed by atoms with van der Waals surface area (Å²) >= 11 is 0. The number of methoxy groups -OCH3 is 1. The molecule has 12 nitrogen and oxygen atoms in total. The van der Waals surface area contributed by atoms with Crippen LogP contribution in [-0.4, -0.2) is 85.9 Å². The molecule has 0 radical (unpaired) electrons. The first-order valence-corrected chi connectivity index (χ1v) is 14.1. The van der Waals surface area contributed by atoms with Crippen molar-refractivity contribution >= 4 is 41.2 Å². The number of carbonyl (C=O) groups excluding carboxylic acids is 2. The number of allylic oxidation sites excluding steroid dienone is 1. The van der Waals surface area contributed by atoms with Crippen molar-refractivity contribution in [1.82, 2.24) is 25.6 Å². The van der Waals surface area contributed by atoms with Gasteiger partial charge < -0.3 is 30.9 Å². The molecule has 2 aliphatic heterocycles. The van der Waals surface area contributed by atoms with E-state index in [1.54, 1.807) is 18.2 Å². The lowest BCUT2D eigenvalue weighted by Gasteiger charge is -2.53. The zero-order chi connectivity index (χ0) is 30.1. The van der Waals surface area contributed by atoms with Crippen molar-refractivity contribution in [3.63, 3.8) is 0 Å². The maximum atomic E-state index is 12.9. The summed E-state index contributed by atoms with van der Waals surface area (Å²) in [7, 11) is 3.48. The molecule has 0 bridgehead atoms. The molecule has 2 aromatic rings. The third-order valence-corrected chi connectivity index (χ3v) is 7.53. The van der Waals surface area contributed by atoms with E-state index in [9.17, 15) is 9.59 Å². The molecule has 3 heterocycles. The molecule has 42 heavy (non-hydrogen) atoms. The van der Waals surface area contributed by atoms with Gasteiger partial charge in [-0.3, -0.25) is 14.6 Å². The van der Waals surface area contributed by atoms with Gasteiger partial charge in [0, 0.05) is 56.1 Å². The minimum absolute atomic E-state index is 0.101. The molecule has 2 fully saturated rings.